The third-order valence-corrected chi connectivity index (χ3v) is 8.22. The van der Waals surface area contributed by atoms with Crippen LogP contribution in [0.3, 0.4) is 0 Å². The van der Waals surface area contributed by atoms with E-state index in [9.17, 15) is 14.7 Å². The van der Waals surface area contributed by atoms with Crippen molar-refractivity contribution in [3.05, 3.63) is 106 Å². The van der Waals surface area contributed by atoms with Crippen molar-refractivity contribution in [2.45, 2.75) is 45.8 Å². The zero-order valence-electron chi connectivity index (χ0n) is 24.7. The molecule has 2 aliphatic heterocycles. The fourth-order valence-electron chi connectivity index (χ4n) is 5.61. The Bertz CT molecular complexity index is 1420. The molecule has 0 aliphatic carbocycles. The molecule has 0 bridgehead atoms. The molecule has 2 saturated heterocycles. The van der Waals surface area contributed by atoms with Crippen molar-refractivity contribution >= 4 is 17.4 Å². The molecule has 5 rings (SSSR count). The van der Waals surface area contributed by atoms with Gasteiger partial charge in [0.05, 0.1) is 24.8 Å². The quantitative estimate of drug-likeness (QED) is 0.188. The number of carbonyl (C=O) groups excluding carboxylic acids is 2. The van der Waals surface area contributed by atoms with E-state index in [0.717, 1.165) is 42.7 Å². The lowest BCUT2D eigenvalue weighted by atomic mass is 9.93. The fraction of sp³-hybridized carbons (Fsp3) is 0.371. The summed E-state index contributed by atoms with van der Waals surface area (Å²) in [6, 6.07) is 22.4. The number of ether oxygens (including phenoxy) is 2. The summed E-state index contributed by atoms with van der Waals surface area (Å²) in [5.41, 5.74) is 4.82. The minimum atomic E-state index is -0.659. The number of aliphatic hydroxyl groups excluding tert-OH is 1. The van der Waals surface area contributed by atoms with Crippen LogP contribution in [0.1, 0.15) is 60.0 Å². The van der Waals surface area contributed by atoms with E-state index in [2.05, 4.69) is 18.7 Å². The van der Waals surface area contributed by atoms with Gasteiger partial charge in [-0.1, -0.05) is 62.4 Å². The minimum Gasteiger partial charge on any atom is -0.507 e. The zero-order chi connectivity index (χ0) is 29.6. The van der Waals surface area contributed by atoms with Crippen molar-refractivity contribution in [2.24, 2.45) is 0 Å². The summed E-state index contributed by atoms with van der Waals surface area (Å²) < 4.78 is 11.4. The molecule has 1 amide bonds. The molecule has 0 aromatic heterocycles. The number of morpholine rings is 1. The highest BCUT2D eigenvalue weighted by Crippen LogP contribution is 2.40. The molecule has 1 atom stereocenters. The number of Topliss-reactive ketones (excluding diaryl/α,β-unsaturated/α-hetero) is 1. The summed E-state index contributed by atoms with van der Waals surface area (Å²) in [4.78, 5) is 30.8. The van der Waals surface area contributed by atoms with E-state index in [1.807, 2.05) is 55.5 Å². The molecule has 1 unspecified atom stereocenters. The number of rotatable bonds is 10. The Hall–Kier alpha value is -3.94. The van der Waals surface area contributed by atoms with Gasteiger partial charge in [0, 0.05) is 31.7 Å². The molecule has 0 spiro atoms. The molecule has 2 heterocycles. The number of amides is 1. The van der Waals surface area contributed by atoms with Crippen LogP contribution in [0.5, 0.6) is 5.75 Å². The Morgan fingerprint density at radius 2 is 1.64 bits per heavy atom. The van der Waals surface area contributed by atoms with E-state index in [-0.39, 0.29) is 11.3 Å². The topological polar surface area (TPSA) is 79.3 Å². The van der Waals surface area contributed by atoms with Crippen molar-refractivity contribution in [3.63, 3.8) is 0 Å². The number of nitrogens with zero attached hydrogens (tertiary/aromatic N) is 2. The number of likely N-dealkylation sites (tertiary alicyclic amines) is 1. The van der Waals surface area contributed by atoms with Crippen LogP contribution in [0, 0.1) is 6.92 Å². The first-order valence-corrected chi connectivity index (χ1v) is 14.8. The lowest BCUT2D eigenvalue weighted by Gasteiger charge is -2.29. The SMILES string of the molecule is Cc1ccccc1COc1ccc(C(O)=C2C(=O)C(=O)N(CCCN3CCOCC3)C2c2ccc(C(C)C)cc2)cc1. The van der Waals surface area contributed by atoms with Crippen LogP contribution in [0.25, 0.3) is 5.76 Å². The van der Waals surface area contributed by atoms with Gasteiger partial charge in [-0.2, -0.15) is 0 Å². The largest absolute Gasteiger partial charge is 0.507 e. The van der Waals surface area contributed by atoms with Crippen molar-refractivity contribution in [1.29, 1.82) is 0 Å². The molecule has 220 valence electrons. The fourth-order valence-corrected chi connectivity index (χ4v) is 5.61. The number of aliphatic hydroxyl groups is 1. The van der Waals surface area contributed by atoms with E-state index in [4.69, 9.17) is 9.47 Å². The third kappa shape index (κ3) is 6.58. The molecule has 0 radical (unpaired) electrons. The summed E-state index contributed by atoms with van der Waals surface area (Å²) in [5.74, 6) is -0.400. The highest BCUT2D eigenvalue weighted by molar-refractivity contribution is 6.46. The van der Waals surface area contributed by atoms with E-state index in [1.165, 1.54) is 5.56 Å². The van der Waals surface area contributed by atoms with Crippen LogP contribution in [0.15, 0.2) is 78.4 Å². The molecule has 42 heavy (non-hydrogen) atoms. The monoisotopic (exact) mass is 568 g/mol. The second kappa shape index (κ2) is 13.4. The van der Waals surface area contributed by atoms with Crippen LogP contribution in [0.2, 0.25) is 0 Å². The van der Waals surface area contributed by atoms with Crippen molar-refractivity contribution in [1.82, 2.24) is 9.80 Å². The number of hydrogen-bond acceptors (Lipinski definition) is 6. The molecule has 3 aromatic rings. The lowest BCUT2D eigenvalue weighted by Crippen LogP contribution is -2.38. The first-order valence-electron chi connectivity index (χ1n) is 14.8. The maximum Gasteiger partial charge on any atom is 0.295 e. The van der Waals surface area contributed by atoms with Gasteiger partial charge in [0.2, 0.25) is 0 Å². The normalized spacial score (nSPS) is 19.0. The number of hydrogen-bond donors (Lipinski definition) is 1. The summed E-state index contributed by atoms with van der Waals surface area (Å²) in [6.07, 6.45) is 0.723. The van der Waals surface area contributed by atoms with Crippen LogP contribution >= 0.6 is 0 Å². The van der Waals surface area contributed by atoms with E-state index >= 15 is 0 Å². The Balaban J connectivity index is 1.40. The van der Waals surface area contributed by atoms with E-state index in [1.54, 1.807) is 29.2 Å². The van der Waals surface area contributed by atoms with Gasteiger partial charge in [-0.15, -0.1) is 0 Å². The maximum atomic E-state index is 13.5. The highest BCUT2D eigenvalue weighted by atomic mass is 16.5. The first-order chi connectivity index (χ1) is 20.3. The van der Waals surface area contributed by atoms with Crippen molar-refractivity contribution in [3.8, 4) is 5.75 Å². The van der Waals surface area contributed by atoms with E-state index in [0.29, 0.717) is 43.6 Å². The standard InChI is InChI=1S/C35H40N2O5/c1-24(2)26-9-11-27(12-10-26)32-31(34(39)35(40)37(32)18-6-17-36-19-21-41-22-20-36)33(38)28-13-15-30(16-14-28)42-23-29-8-5-4-7-25(29)3/h4-5,7-16,24,32,38H,6,17-23H2,1-3H3. The van der Waals surface area contributed by atoms with Crippen LogP contribution in [-0.4, -0.2) is 66.0 Å². The highest BCUT2D eigenvalue weighted by Gasteiger charge is 2.45. The Morgan fingerprint density at radius 3 is 2.31 bits per heavy atom. The van der Waals surface area contributed by atoms with Gasteiger partial charge in [-0.3, -0.25) is 14.5 Å². The summed E-state index contributed by atoms with van der Waals surface area (Å²) >= 11 is 0. The van der Waals surface area contributed by atoms with Gasteiger partial charge in [-0.05, 0) is 65.8 Å². The number of ketones is 1. The second-order valence-corrected chi connectivity index (χ2v) is 11.4. The van der Waals surface area contributed by atoms with Crippen LogP contribution in [0.4, 0.5) is 0 Å². The zero-order valence-corrected chi connectivity index (χ0v) is 24.7. The number of aryl methyl sites for hydroxylation is 1. The Kier molecular flexibility index (Phi) is 9.40. The number of carbonyl (C=O) groups is 2. The molecule has 1 N–H and O–H groups in total. The predicted molar refractivity (Wildman–Crippen MR) is 163 cm³/mol. The minimum absolute atomic E-state index is 0.122. The van der Waals surface area contributed by atoms with Gasteiger partial charge >= 0.3 is 0 Å². The summed E-state index contributed by atoms with van der Waals surface area (Å²) in [6.45, 7) is 11.1. The number of benzene rings is 3. The molecular formula is C35H40N2O5. The first kappa shape index (κ1) is 29.5. The smallest absolute Gasteiger partial charge is 0.295 e. The third-order valence-electron chi connectivity index (χ3n) is 8.22. The van der Waals surface area contributed by atoms with Gasteiger partial charge < -0.3 is 19.5 Å². The van der Waals surface area contributed by atoms with Crippen molar-refractivity contribution in [2.75, 3.05) is 39.4 Å². The second-order valence-electron chi connectivity index (χ2n) is 11.4. The molecule has 2 aliphatic rings. The van der Waals surface area contributed by atoms with Gasteiger partial charge in [-0.25, -0.2) is 0 Å². The van der Waals surface area contributed by atoms with Gasteiger partial charge in [0.1, 0.15) is 18.1 Å². The van der Waals surface area contributed by atoms with Crippen LogP contribution in [-0.2, 0) is 20.9 Å². The average Bonchev–Trinajstić information content (AvgIpc) is 3.26. The van der Waals surface area contributed by atoms with Gasteiger partial charge in [0.25, 0.3) is 11.7 Å². The summed E-state index contributed by atoms with van der Waals surface area (Å²) in [5, 5.41) is 11.5. The molecule has 7 heteroatoms. The lowest BCUT2D eigenvalue weighted by molar-refractivity contribution is -0.140. The molecule has 2 fully saturated rings. The Labute approximate surface area is 248 Å². The van der Waals surface area contributed by atoms with Crippen LogP contribution < -0.4 is 4.74 Å². The van der Waals surface area contributed by atoms with E-state index < -0.39 is 17.7 Å². The molecule has 3 aromatic carbocycles. The summed E-state index contributed by atoms with van der Waals surface area (Å²) in [7, 11) is 0. The van der Waals surface area contributed by atoms with Gasteiger partial charge in [0.15, 0.2) is 0 Å². The molecule has 7 nitrogen and oxygen atoms in total. The Morgan fingerprint density at radius 1 is 0.952 bits per heavy atom. The molecule has 0 saturated carbocycles. The maximum absolute atomic E-state index is 13.5. The van der Waals surface area contributed by atoms with Crippen molar-refractivity contribution < 1.29 is 24.2 Å². The predicted octanol–water partition coefficient (Wildman–Crippen LogP) is 5.84. The molecular weight excluding hydrogens is 528 g/mol. The average molecular weight is 569 g/mol.